The lowest BCUT2D eigenvalue weighted by atomic mass is 10.1. The number of rotatable bonds is 6. The van der Waals surface area contributed by atoms with E-state index in [4.69, 9.17) is 4.42 Å². The molecule has 1 fully saturated rings. The maximum absolute atomic E-state index is 12.3. The topological polar surface area (TPSA) is 71.3 Å². The second-order valence-electron chi connectivity index (χ2n) is 7.51. The van der Waals surface area contributed by atoms with Gasteiger partial charge in [-0.3, -0.25) is 4.79 Å². The van der Waals surface area contributed by atoms with Crippen LogP contribution in [0.4, 0.5) is 11.4 Å². The normalized spacial score (nSPS) is 13.6. The zero-order chi connectivity index (χ0) is 21.0. The lowest BCUT2D eigenvalue weighted by Crippen LogP contribution is -2.18. The number of hydrogen-bond donors (Lipinski definition) is 1. The molecule has 1 aromatic heterocycles. The third-order valence-corrected chi connectivity index (χ3v) is 6.17. The van der Waals surface area contributed by atoms with Crippen molar-refractivity contribution in [3.05, 3.63) is 66.7 Å². The van der Waals surface area contributed by atoms with Gasteiger partial charge in [0.15, 0.2) is 0 Å². The first-order valence-electron chi connectivity index (χ1n) is 10.3. The molecule has 0 bridgehead atoms. The first-order chi connectivity index (χ1) is 15.2. The predicted molar refractivity (Wildman–Crippen MR) is 124 cm³/mol. The van der Waals surface area contributed by atoms with Gasteiger partial charge in [-0.15, -0.1) is 10.2 Å². The van der Waals surface area contributed by atoms with Gasteiger partial charge < -0.3 is 14.6 Å². The summed E-state index contributed by atoms with van der Waals surface area (Å²) in [5, 5.41) is 13.8. The van der Waals surface area contributed by atoms with E-state index >= 15 is 0 Å². The summed E-state index contributed by atoms with van der Waals surface area (Å²) in [4.78, 5) is 14.7. The minimum absolute atomic E-state index is 0.107. The number of benzene rings is 3. The molecule has 1 saturated heterocycles. The van der Waals surface area contributed by atoms with E-state index in [-0.39, 0.29) is 11.7 Å². The molecule has 7 heteroatoms. The summed E-state index contributed by atoms with van der Waals surface area (Å²) in [5.74, 6) is 0.545. The Labute approximate surface area is 184 Å². The fraction of sp³-hybridized carbons (Fsp3) is 0.208. The molecule has 31 heavy (non-hydrogen) atoms. The van der Waals surface area contributed by atoms with Crippen LogP contribution in [0.25, 0.3) is 22.2 Å². The molecule has 156 valence electrons. The van der Waals surface area contributed by atoms with Gasteiger partial charge in [-0.05, 0) is 60.0 Å². The summed E-state index contributed by atoms with van der Waals surface area (Å²) < 4.78 is 5.75. The minimum Gasteiger partial charge on any atom is -0.411 e. The third kappa shape index (κ3) is 4.56. The van der Waals surface area contributed by atoms with Gasteiger partial charge in [-0.25, -0.2) is 0 Å². The van der Waals surface area contributed by atoms with Gasteiger partial charge in [0.1, 0.15) is 0 Å². The molecule has 1 N–H and O–H groups in total. The van der Waals surface area contributed by atoms with E-state index in [0.717, 1.165) is 35.1 Å². The van der Waals surface area contributed by atoms with Crippen molar-refractivity contribution in [2.24, 2.45) is 0 Å². The number of anilines is 2. The molecule has 6 nitrogen and oxygen atoms in total. The van der Waals surface area contributed by atoms with E-state index in [1.807, 2.05) is 48.5 Å². The van der Waals surface area contributed by atoms with E-state index in [9.17, 15) is 4.79 Å². The number of nitrogens with one attached hydrogen (secondary N) is 1. The summed E-state index contributed by atoms with van der Waals surface area (Å²) in [7, 11) is 0. The first kappa shape index (κ1) is 19.6. The number of hydrogen-bond acceptors (Lipinski definition) is 6. The quantitative estimate of drug-likeness (QED) is 0.423. The molecular weight excluding hydrogens is 408 g/mol. The Balaban J connectivity index is 1.17. The van der Waals surface area contributed by atoms with E-state index in [1.165, 1.54) is 30.3 Å². The largest absolute Gasteiger partial charge is 0.411 e. The standard InChI is InChI=1S/C24H22N4O2S/c29-22(25-20-9-11-21(12-10-20)28-13-3-4-14-28)16-31-24-27-26-23(30-24)19-8-7-17-5-1-2-6-18(17)15-19/h1-2,5-12,15H,3-4,13-14,16H2,(H,25,29). The molecule has 1 aliphatic heterocycles. The molecule has 1 aliphatic rings. The lowest BCUT2D eigenvalue weighted by Gasteiger charge is -2.17. The van der Waals surface area contributed by atoms with Crippen molar-refractivity contribution < 1.29 is 9.21 Å². The van der Waals surface area contributed by atoms with E-state index in [0.29, 0.717) is 11.1 Å². The summed E-state index contributed by atoms with van der Waals surface area (Å²) in [6.07, 6.45) is 2.49. The summed E-state index contributed by atoms with van der Waals surface area (Å²) in [6.45, 7) is 2.21. The fourth-order valence-corrected chi connectivity index (χ4v) is 4.33. The molecule has 0 unspecified atom stereocenters. The molecule has 5 rings (SSSR count). The number of thioether (sulfide) groups is 1. The molecule has 0 atom stereocenters. The van der Waals surface area contributed by atoms with Gasteiger partial charge >= 0.3 is 0 Å². The number of aromatic nitrogens is 2. The zero-order valence-electron chi connectivity index (χ0n) is 17.0. The van der Waals surface area contributed by atoms with Gasteiger partial charge in [0.25, 0.3) is 5.22 Å². The lowest BCUT2D eigenvalue weighted by molar-refractivity contribution is -0.113. The molecule has 0 spiro atoms. The van der Waals surface area contributed by atoms with Gasteiger partial charge in [0, 0.05) is 30.0 Å². The van der Waals surface area contributed by atoms with Gasteiger partial charge in [0.05, 0.1) is 5.75 Å². The maximum Gasteiger partial charge on any atom is 0.277 e. The summed E-state index contributed by atoms with van der Waals surface area (Å²) in [6, 6.07) is 22.1. The van der Waals surface area contributed by atoms with Crippen LogP contribution in [0.1, 0.15) is 12.8 Å². The Hall–Kier alpha value is -3.32. The number of nitrogens with zero attached hydrogens (tertiary/aromatic N) is 3. The fourth-order valence-electron chi connectivity index (χ4n) is 3.76. The molecular formula is C24H22N4O2S. The highest BCUT2D eigenvalue weighted by atomic mass is 32.2. The van der Waals surface area contributed by atoms with E-state index in [1.54, 1.807) is 0 Å². The highest BCUT2D eigenvalue weighted by Crippen LogP contribution is 2.27. The molecule has 0 saturated carbocycles. The Kier molecular flexibility index (Phi) is 5.58. The average Bonchev–Trinajstić information content (AvgIpc) is 3.50. The predicted octanol–water partition coefficient (Wildman–Crippen LogP) is 5.22. The van der Waals surface area contributed by atoms with Crippen molar-refractivity contribution in [2.75, 3.05) is 29.1 Å². The van der Waals surface area contributed by atoms with Gasteiger partial charge in [0.2, 0.25) is 11.8 Å². The van der Waals surface area contributed by atoms with Gasteiger partial charge in [-0.2, -0.15) is 0 Å². The van der Waals surface area contributed by atoms with Crippen LogP contribution in [0.15, 0.2) is 76.4 Å². The molecule has 0 aliphatic carbocycles. The van der Waals surface area contributed by atoms with Crippen molar-refractivity contribution in [1.29, 1.82) is 0 Å². The van der Waals surface area contributed by atoms with Gasteiger partial charge in [-0.1, -0.05) is 42.1 Å². The smallest absolute Gasteiger partial charge is 0.277 e. The molecule has 4 aromatic rings. The monoisotopic (exact) mass is 430 g/mol. The second-order valence-corrected chi connectivity index (χ2v) is 8.44. The van der Waals surface area contributed by atoms with Crippen LogP contribution in [0, 0.1) is 0 Å². The summed E-state index contributed by atoms with van der Waals surface area (Å²) in [5.41, 5.74) is 2.86. The highest BCUT2D eigenvalue weighted by molar-refractivity contribution is 7.99. The Morgan fingerprint density at radius 2 is 1.74 bits per heavy atom. The Morgan fingerprint density at radius 1 is 0.968 bits per heavy atom. The number of fused-ring (bicyclic) bond motifs is 1. The van der Waals surface area contributed by atoms with E-state index in [2.05, 4.69) is 38.6 Å². The molecule has 3 aromatic carbocycles. The van der Waals surface area contributed by atoms with Crippen LogP contribution in [-0.2, 0) is 4.79 Å². The molecule has 1 amide bonds. The maximum atomic E-state index is 12.3. The Bertz CT molecular complexity index is 1200. The molecule has 0 radical (unpaired) electrons. The van der Waals surface area contributed by atoms with Crippen LogP contribution in [-0.4, -0.2) is 34.9 Å². The SMILES string of the molecule is O=C(CSc1nnc(-c2ccc3ccccc3c2)o1)Nc1ccc(N2CCCC2)cc1. The highest BCUT2D eigenvalue weighted by Gasteiger charge is 2.14. The zero-order valence-corrected chi connectivity index (χ0v) is 17.8. The van der Waals surface area contributed by atoms with Crippen LogP contribution >= 0.6 is 11.8 Å². The summed E-state index contributed by atoms with van der Waals surface area (Å²) >= 11 is 1.23. The van der Waals surface area contributed by atoms with E-state index < -0.39 is 0 Å². The Morgan fingerprint density at radius 3 is 2.55 bits per heavy atom. The molecule has 2 heterocycles. The van der Waals surface area contributed by atoms with Crippen molar-refractivity contribution in [1.82, 2.24) is 10.2 Å². The average molecular weight is 431 g/mol. The van der Waals surface area contributed by atoms with Crippen LogP contribution < -0.4 is 10.2 Å². The van der Waals surface area contributed by atoms with Crippen LogP contribution in [0.2, 0.25) is 0 Å². The van der Waals surface area contributed by atoms with Crippen molar-refractivity contribution in [3.63, 3.8) is 0 Å². The van der Waals surface area contributed by atoms with Crippen LogP contribution in [0.5, 0.6) is 0 Å². The number of carbonyl (C=O) groups is 1. The van der Waals surface area contributed by atoms with Crippen molar-refractivity contribution in [3.8, 4) is 11.5 Å². The van der Waals surface area contributed by atoms with Crippen molar-refractivity contribution in [2.45, 2.75) is 18.1 Å². The minimum atomic E-state index is -0.107. The first-order valence-corrected chi connectivity index (χ1v) is 11.3. The second kappa shape index (κ2) is 8.81. The number of amides is 1. The van der Waals surface area contributed by atoms with Crippen LogP contribution in [0.3, 0.4) is 0 Å². The third-order valence-electron chi connectivity index (χ3n) is 5.35. The number of carbonyl (C=O) groups excluding carboxylic acids is 1. The van der Waals surface area contributed by atoms with Crippen molar-refractivity contribution >= 4 is 39.8 Å².